The van der Waals surface area contributed by atoms with Crippen molar-refractivity contribution in [2.75, 3.05) is 26.2 Å². The standard InChI is InChI=1S/C10H20N4O/c11-10(13-15)6-12-5-8-3-4-14(7-8)9-1-2-9/h8-9,12,15H,1-7H2,(H2,11,13). The molecule has 0 radical (unpaired) electrons. The average Bonchev–Trinajstić information content (AvgIpc) is 2.99. The molecule has 0 spiro atoms. The molecule has 86 valence electrons. The monoisotopic (exact) mass is 212 g/mol. The Morgan fingerprint density at radius 1 is 1.47 bits per heavy atom. The maximum Gasteiger partial charge on any atom is 0.153 e. The third-order valence-electron chi connectivity index (χ3n) is 3.25. The van der Waals surface area contributed by atoms with Gasteiger partial charge in [0.1, 0.15) is 0 Å². The van der Waals surface area contributed by atoms with Crippen molar-refractivity contribution < 1.29 is 5.21 Å². The summed E-state index contributed by atoms with van der Waals surface area (Å²) in [6, 6.07) is 0.888. The van der Waals surface area contributed by atoms with Gasteiger partial charge in [0.25, 0.3) is 0 Å². The first-order valence-electron chi connectivity index (χ1n) is 5.70. The molecule has 5 heteroatoms. The van der Waals surface area contributed by atoms with Crippen molar-refractivity contribution in [3.8, 4) is 0 Å². The minimum atomic E-state index is 0.257. The molecule has 0 aromatic rings. The molecule has 5 nitrogen and oxygen atoms in total. The number of hydrogen-bond acceptors (Lipinski definition) is 4. The fourth-order valence-electron chi connectivity index (χ4n) is 2.24. The SMILES string of the molecule is NC(CNCC1CCN(C2CC2)C1)=NO. The Labute approximate surface area is 90.3 Å². The summed E-state index contributed by atoms with van der Waals surface area (Å²) in [4.78, 5) is 2.59. The van der Waals surface area contributed by atoms with E-state index in [0.717, 1.165) is 18.5 Å². The molecular weight excluding hydrogens is 192 g/mol. The van der Waals surface area contributed by atoms with E-state index in [1.54, 1.807) is 0 Å². The molecule has 1 saturated carbocycles. The molecule has 1 aliphatic carbocycles. The maximum absolute atomic E-state index is 8.36. The van der Waals surface area contributed by atoms with Crippen LogP contribution in [0.1, 0.15) is 19.3 Å². The predicted molar refractivity (Wildman–Crippen MR) is 59.0 cm³/mol. The number of hydrogen-bond donors (Lipinski definition) is 3. The molecule has 0 aromatic carbocycles. The van der Waals surface area contributed by atoms with E-state index >= 15 is 0 Å². The molecule has 2 fully saturated rings. The second-order valence-corrected chi connectivity index (χ2v) is 4.60. The van der Waals surface area contributed by atoms with Crippen LogP contribution < -0.4 is 11.1 Å². The van der Waals surface area contributed by atoms with E-state index < -0.39 is 0 Å². The Balaban J connectivity index is 1.60. The minimum Gasteiger partial charge on any atom is -0.409 e. The van der Waals surface area contributed by atoms with Crippen LogP contribution in [0.4, 0.5) is 0 Å². The van der Waals surface area contributed by atoms with Crippen molar-refractivity contribution in [1.82, 2.24) is 10.2 Å². The third-order valence-corrected chi connectivity index (χ3v) is 3.25. The van der Waals surface area contributed by atoms with Crippen LogP contribution in [0.25, 0.3) is 0 Å². The highest BCUT2D eigenvalue weighted by atomic mass is 16.4. The van der Waals surface area contributed by atoms with E-state index in [1.165, 1.54) is 32.4 Å². The number of rotatable bonds is 5. The minimum absolute atomic E-state index is 0.257. The van der Waals surface area contributed by atoms with Crippen molar-refractivity contribution in [1.29, 1.82) is 0 Å². The van der Waals surface area contributed by atoms with Gasteiger partial charge in [-0.1, -0.05) is 5.16 Å². The Kier molecular flexibility index (Phi) is 3.43. The van der Waals surface area contributed by atoms with Gasteiger partial charge in [-0.05, 0) is 38.3 Å². The van der Waals surface area contributed by atoms with Crippen LogP contribution in [0.15, 0.2) is 5.16 Å². The number of nitrogens with one attached hydrogen (secondary N) is 1. The van der Waals surface area contributed by atoms with Crippen molar-refractivity contribution in [3.05, 3.63) is 0 Å². The summed E-state index contributed by atoms with van der Waals surface area (Å²) < 4.78 is 0. The van der Waals surface area contributed by atoms with E-state index in [9.17, 15) is 0 Å². The summed E-state index contributed by atoms with van der Waals surface area (Å²) in [5, 5.41) is 14.5. The maximum atomic E-state index is 8.36. The Morgan fingerprint density at radius 3 is 2.93 bits per heavy atom. The van der Waals surface area contributed by atoms with Crippen molar-refractivity contribution in [2.45, 2.75) is 25.3 Å². The highest BCUT2D eigenvalue weighted by Gasteiger charge is 2.33. The average molecular weight is 212 g/mol. The molecule has 15 heavy (non-hydrogen) atoms. The van der Waals surface area contributed by atoms with E-state index in [4.69, 9.17) is 10.9 Å². The van der Waals surface area contributed by atoms with Crippen molar-refractivity contribution in [2.24, 2.45) is 16.8 Å². The van der Waals surface area contributed by atoms with Gasteiger partial charge in [0, 0.05) is 12.6 Å². The van der Waals surface area contributed by atoms with Crippen LogP contribution in [-0.4, -0.2) is 48.2 Å². The molecule has 2 rings (SSSR count). The molecule has 1 heterocycles. The summed E-state index contributed by atoms with van der Waals surface area (Å²) in [5.41, 5.74) is 5.37. The summed E-state index contributed by atoms with van der Waals surface area (Å²) in [7, 11) is 0. The van der Waals surface area contributed by atoms with E-state index in [-0.39, 0.29) is 5.84 Å². The molecule has 4 N–H and O–H groups in total. The molecule has 1 unspecified atom stereocenters. The second-order valence-electron chi connectivity index (χ2n) is 4.60. The van der Waals surface area contributed by atoms with Crippen LogP contribution in [-0.2, 0) is 0 Å². The molecule has 0 amide bonds. The van der Waals surface area contributed by atoms with Gasteiger partial charge in [0.05, 0.1) is 6.54 Å². The zero-order valence-corrected chi connectivity index (χ0v) is 9.02. The van der Waals surface area contributed by atoms with Gasteiger partial charge in [-0.25, -0.2) is 0 Å². The number of oxime groups is 1. The first-order valence-corrected chi connectivity index (χ1v) is 5.70. The van der Waals surface area contributed by atoms with E-state index in [0.29, 0.717) is 6.54 Å². The van der Waals surface area contributed by atoms with Gasteiger partial charge in [0.2, 0.25) is 0 Å². The molecule has 1 atom stereocenters. The lowest BCUT2D eigenvalue weighted by atomic mass is 10.1. The highest BCUT2D eigenvalue weighted by Crippen LogP contribution is 2.31. The fraction of sp³-hybridized carbons (Fsp3) is 0.900. The van der Waals surface area contributed by atoms with Gasteiger partial charge in [0.15, 0.2) is 5.84 Å². The third kappa shape index (κ3) is 3.07. The van der Waals surface area contributed by atoms with Gasteiger partial charge < -0.3 is 21.2 Å². The number of amidine groups is 1. The predicted octanol–water partition coefficient (Wildman–Crippen LogP) is -0.193. The van der Waals surface area contributed by atoms with E-state index in [1.807, 2.05) is 0 Å². The Bertz CT molecular complexity index is 240. The van der Waals surface area contributed by atoms with Gasteiger partial charge >= 0.3 is 0 Å². The molecular formula is C10H20N4O. The summed E-state index contributed by atoms with van der Waals surface area (Å²) in [5.74, 6) is 0.990. The lowest BCUT2D eigenvalue weighted by Gasteiger charge is -2.14. The smallest absolute Gasteiger partial charge is 0.153 e. The lowest BCUT2D eigenvalue weighted by molar-refractivity contribution is 0.311. The number of nitrogens with zero attached hydrogens (tertiary/aromatic N) is 2. The molecule has 2 aliphatic rings. The second kappa shape index (κ2) is 4.81. The van der Waals surface area contributed by atoms with Gasteiger partial charge in [-0.3, -0.25) is 0 Å². The Hall–Kier alpha value is -0.810. The number of nitrogens with two attached hydrogens (primary N) is 1. The largest absolute Gasteiger partial charge is 0.409 e. The molecule has 0 bridgehead atoms. The van der Waals surface area contributed by atoms with Gasteiger partial charge in [-0.2, -0.15) is 0 Å². The van der Waals surface area contributed by atoms with Gasteiger partial charge in [-0.15, -0.1) is 0 Å². The highest BCUT2D eigenvalue weighted by molar-refractivity contribution is 5.81. The quantitative estimate of drug-likeness (QED) is 0.255. The van der Waals surface area contributed by atoms with Crippen LogP contribution >= 0.6 is 0 Å². The van der Waals surface area contributed by atoms with E-state index in [2.05, 4.69) is 15.4 Å². The number of likely N-dealkylation sites (tertiary alicyclic amines) is 1. The summed E-state index contributed by atoms with van der Waals surface area (Å²) >= 11 is 0. The zero-order valence-electron chi connectivity index (χ0n) is 9.02. The normalized spacial score (nSPS) is 28.5. The molecule has 1 aliphatic heterocycles. The van der Waals surface area contributed by atoms with Crippen LogP contribution in [0.5, 0.6) is 0 Å². The molecule has 0 aromatic heterocycles. The van der Waals surface area contributed by atoms with Crippen LogP contribution in [0.3, 0.4) is 0 Å². The topological polar surface area (TPSA) is 73.9 Å². The van der Waals surface area contributed by atoms with Crippen molar-refractivity contribution in [3.63, 3.8) is 0 Å². The molecule has 1 saturated heterocycles. The Morgan fingerprint density at radius 2 is 2.27 bits per heavy atom. The van der Waals surface area contributed by atoms with Crippen LogP contribution in [0.2, 0.25) is 0 Å². The lowest BCUT2D eigenvalue weighted by Crippen LogP contribution is -2.33. The first-order chi connectivity index (χ1) is 7.29. The zero-order chi connectivity index (χ0) is 10.7. The van der Waals surface area contributed by atoms with Crippen molar-refractivity contribution >= 4 is 5.84 Å². The summed E-state index contributed by atoms with van der Waals surface area (Å²) in [6.45, 7) is 3.92. The summed E-state index contributed by atoms with van der Waals surface area (Å²) in [6.07, 6.45) is 4.06. The fourth-order valence-corrected chi connectivity index (χ4v) is 2.24. The first kappa shape index (κ1) is 10.7. The van der Waals surface area contributed by atoms with Crippen LogP contribution in [0, 0.1) is 5.92 Å².